The van der Waals surface area contributed by atoms with Crippen LogP contribution in [0.1, 0.15) is 30.1 Å². The molecule has 1 heterocycles. The lowest BCUT2D eigenvalue weighted by molar-refractivity contribution is -0.120. The minimum absolute atomic E-state index is 0.0269. The molecule has 0 aromatic heterocycles. The number of hydrogen-bond acceptors (Lipinski definition) is 2. The largest absolute Gasteiger partial charge is 0.352 e. The molecule has 0 spiro atoms. The minimum Gasteiger partial charge on any atom is -0.352 e. The Morgan fingerprint density at radius 1 is 1.45 bits per heavy atom. The van der Waals surface area contributed by atoms with Crippen LogP contribution in [0.15, 0.2) is 18.2 Å². The zero-order valence-electron chi connectivity index (χ0n) is 11.2. The van der Waals surface area contributed by atoms with Crippen LogP contribution in [0.2, 0.25) is 5.02 Å². The molecule has 0 radical (unpaired) electrons. The first-order valence-electron chi connectivity index (χ1n) is 6.49. The highest BCUT2D eigenvalue weighted by atomic mass is 35.5. The number of benzene rings is 1. The van der Waals surface area contributed by atoms with E-state index in [1.54, 1.807) is 4.90 Å². The van der Waals surface area contributed by atoms with E-state index in [2.05, 4.69) is 5.32 Å². The molecular formula is C14H16ClFN2O2. The first-order chi connectivity index (χ1) is 9.47. The fraction of sp³-hybridized carbons (Fsp3) is 0.429. The minimum atomic E-state index is -0.582. The number of amides is 2. The van der Waals surface area contributed by atoms with Crippen molar-refractivity contribution in [1.82, 2.24) is 10.2 Å². The molecule has 1 fully saturated rings. The van der Waals surface area contributed by atoms with Crippen LogP contribution < -0.4 is 5.32 Å². The summed E-state index contributed by atoms with van der Waals surface area (Å²) >= 11 is 5.80. The lowest BCUT2D eigenvalue weighted by Crippen LogP contribution is -2.49. The predicted octanol–water partition coefficient (Wildman–Crippen LogP) is 2.22. The van der Waals surface area contributed by atoms with Crippen LogP contribution >= 0.6 is 11.6 Å². The number of halogens is 2. The van der Waals surface area contributed by atoms with Gasteiger partial charge in [0.1, 0.15) is 5.82 Å². The number of rotatable bonds is 2. The molecule has 0 bridgehead atoms. The molecule has 1 aromatic rings. The Morgan fingerprint density at radius 3 is 2.90 bits per heavy atom. The first kappa shape index (κ1) is 14.8. The Bertz CT molecular complexity index is 536. The van der Waals surface area contributed by atoms with Gasteiger partial charge in [-0.25, -0.2) is 4.39 Å². The second kappa shape index (κ2) is 6.22. The molecule has 2 amide bonds. The van der Waals surface area contributed by atoms with Gasteiger partial charge in [0.05, 0.1) is 5.56 Å². The number of carbonyl (C=O) groups excluding carboxylic acids is 2. The Labute approximate surface area is 121 Å². The van der Waals surface area contributed by atoms with Crippen LogP contribution in [-0.2, 0) is 4.79 Å². The second-order valence-corrected chi connectivity index (χ2v) is 5.35. The van der Waals surface area contributed by atoms with Crippen molar-refractivity contribution in [2.45, 2.75) is 25.8 Å². The Hall–Kier alpha value is -1.62. The second-order valence-electron chi connectivity index (χ2n) is 4.92. The van der Waals surface area contributed by atoms with Crippen molar-refractivity contribution < 1.29 is 14.0 Å². The van der Waals surface area contributed by atoms with Crippen LogP contribution in [0.25, 0.3) is 0 Å². The highest BCUT2D eigenvalue weighted by molar-refractivity contribution is 6.31. The molecule has 1 aliphatic rings. The maximum atomic E-state index is 13.7. The van der Waals surface area contributed by atoms with Crippen LogP contribution in [0.4, 0.5) is 4.39 Å². The number of hydrogen-bond donors (Lipinski definition) is 1. The lowest BCUT2D eigenvalue weighted by atomic mass is 10.0. The smallest absolute Gasteiger partial charge is 0.256 e. The summed E-state index contributed by atoms with van der Waals surface area (Å²) in [5.41, 5.74) is -0.0269. The van der Waals surface area contributed by atoms with Gasteiger partial charge >= 0.3 is 0 Å². The van der Waals surface area contributed by atoms with E-state index >= 15 is 0 Å². The molecule has 0 aliphatic carbocycles. The maximum absolute atomic E-state index is 13.7. The fourth-order valence-corrected chi connectivity index (χ4v) is 2.57. The van der Waals surface area contributed by atoms with Gasteiger partial charge in [0, 0.05) is 31.1 Å². The van der Waals surface area contributed by atoms with E-state index in [4.69, 9.17) is 11.6 Å². The molecule has 6 heteroatoms. The molecule has 1 atom stereocenters. The average Bonchev–Trinajstić information content (AvgIpc) is 2.40. The molecule has 1 N–H and O–H groups in total. The zero-order chi connectivity index (χ0) is 14.7. The summed E-state index contributed by atoms with van der Waals surface area (Å²) in [5, 5.41) is 3.12. The van der Waals surface area contributed by atoms with Gasteiger partial charge in [0.25, 0.3) is 5.91 Å². The summed E-state index contributed by atoms with van der Waals surface area (Å²) in [4.78, 5) is 24.9. The van der Waals surface area contributed by atoms with Crippen molar-refractivity contribution in [2.24, 2.45) is 0 Å². The third-order valence-corrected chi connectivity index (χ3v) is 3.51. The SMILES string of the molecule is CC(=O)NC1CCCN(C(=O)c2cc(Cl)ccc2F)C1. The normalized spacial score (nSPS) is 18.8. The summed E-state index contributed by atoms with van der Waals surface area (Å²) in [6, 6.07) is 3.85. The van der Waals surface area contributed by atoms with Gasteiger partial charge in [-0.1, -0.05) is 11.6 Å². The fourth-order valence-electron chi connectivity index (χ4n) is 2.40. The van der Waals surface area contributed by atoms with Crippen molar-refractivity contribution in [3.63, 3.8) is 0 Å². The van der Waals surface area contributed by atoms with Crippen LogP contribution in [-0.4, -0.2) is 35.8 Å². The molecule has 108 valence electrons. The first-order valence-corrected chi connectivity index (χ1v) is 6.86. The summed E-state index contributed by atoms with van der Waals surface area (Å²) in [7, 11) is 0. The van der Waals surface area contributed by atoms with Gasteiger partial charge < -0.3 is 10.2 Å². The van der Waals surface area contributed by atoms with E-state index in [-0.39, 0.29) is 23.4 Å². The molecule has 20 heavy (non-hydrogen) atoms. The van der Waals surface area contributed by atoms with Crippen molar-refractivity contribution in [3.05, 3.63) is 34.6 Å². The molecule has 0 saturated carbocycles. The number of nitrogens with zero attached hydrogens (tertiary/aromatic N) is 1. The van der Waals surface area contributed by atoms with E-state index in [0.717, 1.165) is 12.8 Å². The maximum Gasteiger partial charge on any atom is 0.256 e. The van der Waals surface area contributed by atoms with E-state index in [0.29, 0.717) is 18.1 Å². The van der Waals surface area contributed by atoms with Crippen molar-refractivity contribution >= 4 is 23.4 Å². The molecule has 1 aromatic carbocycles. The quantitative estimate of drug-likeness (QED) is 0.910. The Kier molecular flexibility index (Phi) is 4.60. The van der Waals surface area contributed by atoms with Gasteiger partial charge in [0.2, 0.25) is 5.91 Å². The summed E-state index contributed by atoms with van der Waals surface area (Å²) < 4.78 is 13.7. The summed E-state index contributed by atoms with van der Waals surface area (Å²) in [6.07, 6.45) is 1.60. The highest BCUT2D eigenvalue weighted by Gasteiger charge is 2.26. The van der Waals surface area contributed by atoms with Crippen molar-refractivity contribution in [3.8, 4) is 0 Å². The molecule has 1 unspecified atom stereocenters. The van der Waals surface area contributed by atoms with Crippen molar-refractivity contribution in [2.75, 3.05) is 13.1 Å². The van der Waals surface area contributed by atoms with Crippen LogP contribution in [0, 0.1) is 5.82 Å². The third kappa shape index (κ3) is 3.48. The molecular weight excluding hydrogens is 283 g/mol. The summed E-state index contributed by atoms with van der Waals surface area (Å²) in [6.45, 7) is 2.39. The van der Waals surface area contributed by atoms with Gasteiger partial charge in [-0.2, -0.15) is 0 Å². The van der Waals surface area contributed by atoms with Gasteiger partial charge in [-0.05, 0) is 31.0 Å². The summed E-state index contributed by atoms with van der Waals surface area (Å²) in [5.74, 6) is -1.10. The molecule has 1 aliphatic heterocycles. The van der Waals surface area contributed by atoms with E-state index in [1.807, 2.05) is 0 Å². The number of nitrogens with one attached hydrogen (secondary N) is 1. The predicted molar refractivity (Wildman–Crippen MR) is 74.2 cm³/mol. The van der Waals surface area contributed by atoms with E-state index in [1.165, 1.54) is 25.1 Å². The van der Waals surface area contributed by atoms with Crippen LogP contribution in [0.3, 0.4) is 0 Å². The molecule has 4 nitrogen and oxygen atoms in total. The van der Waals surface area contributed by atoms with Gasteiger partial charge in [-0.3, -0.25) is 9.59 Å². The van der Waals surface area contributed by atoms with Gasteiger partial charge in [-0.15, -0.1) is 0 Å². The highest BCUT2D eigenvalue weighted by Crippen LogP contribution is 2.19. The lowest BCUT2D eigenvalue weighted by Gasteiger charge is -2.33. The van der Waals surface area contributed by atoms with Gasteiger partial charge in [0.15, 0.2) is 0 Å². The van der Waals surface area contributed by atoms with E-state index in [9.17, 15) is 14.0 Å². The number of likely N-dealkylation sites (tertiary alicyclic amines) is 1. The molecule has 1 saturated heterocycles. The standard InChI is InChI=1S/C14H16ClFN2O2/c1-9(19)17-11-3-2-6-18(8-11)14(20)12-7-10(15)4-5-13(12)16/h4-5,7,11H,2-3,6,8H2,1H3,(H,17,19). The topological polar surface area (TPSA) is 49.4 Å². The Morgan fingerprint density at radius 2 is 2.20 bits per heavy atom. The van der Waals surface area contributed by atoms with Crippen molar-refractivity contribution in [1.29, 1.82) is 0 Å². The van der Waals surface area contributed by atoms with Crippen LogP contribution in [0.5, 0.6) is 0 Å². The van der Waals surface area contributed by atoms with E-state index < -0.39 is 5.82 Å². The molecule has 2 rings (SSSR count). The monoisotopic (exact) mass is 298 g/mol. The Balaban J connectivity index is 2.12. The third-order valence-electron chi connectivity index (χ3n) is 3.27. The average molecular weight is 299 g/mol. The zero-order valence-corrected chi connectivity index (χ0v) is 11.9. The number of carbonyl (C=O) groups is 2. The number of piperidine rings is 1.